The number of nitrogens with one attached hydrogen (secondary N) is 1. The van der Waals surface area contributed by atoms with Crippen LogP contribution in [0.2, 0.25) is 0 Å². The van der Waals surface area contributed by atoms with Crippen molar-refractivity contribution in [3.8, 4) is 5.75 Å². The van der Waals surface area contributed by atoms with Gasteiger partial charge in [0.2, 0.25) is 0 Å². The van der Waals surface area contributed by atoms with Crippen LogP contribution in [0.25, 0.3) is 0 Å². The van der Waals surface area contributed by atoms with E-state index >= 15 is 0 Å². The number of esters is 2. The summed E-state index contributed by atoms with van der Waals surface area (Å²) in [5.74, 6) is -3.03. The number of aryl methyl sites for hydroxylation is 1. The molecule has 0 saturated carbocycles. The fraction of sp³-hybridized carbons (Fsp3) is 0.333. The second kappa shape index (κ2) is 10.6. The van der Waals surface area contributed by atoms with E-state index in [9.17, 15) is 22.8 Å². The second-order valence-corrected chi connectivity index (χ2v) is 6.36. The van der Waals surface area contributed by atoms with Crippen molar-refractivity contribution in [2.45, 2.75) is 32.5 Å². The molecule has 0 fully saturated rings. The van der Waals surface area contributed by atoms with Gasteiger partial charge < -0.3 is 14.8 Å². The fourth-order valence-electron chi connectivity index (χ4n) is 2.55. The van der Waals surface area contributed by atoms with Gasteiger partial charge in [0, 0.05) is 19.5 Å². The molecule has 0 aliphatic heterocycles. The van der Waals surface area contributed by atoms with Crippen LogP contribution in [-0.2, 0) is 27.3 Å². The number of ether oxygens (including phenoxy) is 2. The Hall–Kier alpha value is -2.87. The summed E-state index contributed by atoms with van der Waals surface area (Å²) in [4.78, 5) is 21.8. The number of benzene rings is 2. The molecule has 29 heavy (non-hydrogen) atoms. The molecule has 2 aromatic carbocycles. The highest BCUT2D eigenvalue weighted by Crippen LogP contribution is 2.17. The third kappa shape index (κ3) is 7.95. The summed E-state index contributed by atoms with van der Waals surface area (Å²) in [5.41, 5.74) is 3.32. The van der Waals surface area contributed by atoms with E-state index in [4.69, 9.17) is 4.74 Å². The molecule has 0 saturated heterocycles. The Bertz CT molecular complexity index is 837. The van der Waals surface area contributed by atoms with Gasteiger partial charge in [-0.15, -0.1) is 0 Å². The van der Waals surface area contributed by atoms with Gasteiger partial charge in [0.05, 0.1) is 13.0 Å². The van der Waals surface area contributed by atoms with Crippen LogP contribution in [0.1, 0.15) is 23.1 Å². The lowest BCUT2D eigenvalue weighted by Crippen LogP contribution is -2.29. The normalized spacial score (nSPS) is 11.2. The summed E-state index contributed by atoms with van der Waals surface area (Å²) in [5, 5.41) is 2.91. The lowest BCUT2D eigenvalue weighted by atomic mass is 10.1. The Morgan fingerprint density at radius 3 is 2.55 bits per heavy atom. The Morgan fingerprint density at radius 2 is 1.83 bits per heavy atom. The third-order valence-corrected chi connectivity index (χ3v) is 4.07. The molecule has 2 aromatic rings. The number of hydrogen-bond donors (Lipinski definition) is 1. The summed E-state index contributed by atoms with van der Waals surface area (Å²) in [6.45, 7) is 3.04. The summed E-state index contributed by atoms with van der Waals surface area (Å²) in [7, 11) is 0. The molecule has 5 nitrogen and oxygen atoms in total. The fourth-order valence-corrected chi connectivity index (χ4v) is 2.55. The minimum atomic E-state index is -5.18. The molecule has 0 heterocycles. The summed E-state index contributed by atoms with van der Waals surface area (Å²) >= 11 is 0. The summed E-state index contributed by atoms with van der Waals surface area (Å²) < 4.78 is 45.5. The van der Waals surface area contributed by atoms with Crippen molar-refractivity contribution in [3.63, 3.8) is 0 Å². The van der Waals surface area contributed by atoms with Crippen LogP contribution in [0, 0.1) is 6.92 Å². The molecular formula is C21H22F3NO4. The molecule has 156 valence electrons. The molecule has 0 atom stereocenters. The van der Waals surface area contributed by atoms with Gasteiger partial charge in [-0.3, -0.25) is 4.79 Å². The largest absolute Gasteiger partial charge is 0.493 e. The van der Waals surface area contributed by atoms with Gasteiger partial charge in [-0.1, -0.05) is 36.4 Å². The van der Waals surface area contributed by atoms with Crippen LogP contribution in [0.15, 0.2) is 48.5 Å². The van der Waals surface area contributed by atoms with Gasteiger partial charge in [0.15, 0.2) is 0 Å². The van der Waals surface area contributed by atoms with Crippen molar-refractivity contribution in [1.29, 1.82) is 0 Å². The van der Waals surface area contributed by atoms with Gasteiger partial charge in [-0.2, -0.15) is 13.2 Å². The number of carbonyl (C=O) groups is 2. The zero-order valence-electron chi connectivity index (χ0n) is 15.9. The topological polar surface area (TPSA) is 64.6 Å². The van der Waals surface area contributed by atoms with Crippen molar-refractivity contribution in [2.75, 3.05) is 13.2 Å². The van der Waals surface area contributed by atoms with Gasteiger partial charge in [-0.25, -0.2) is 4.79 Å². The van der Waals surface area contributed by atoms with E-state index in [2.05, 4.69) is 29.1 Å². The van der Waals surface area contributed by atoms with Crippen molar-refractivity contribution < 1.29 is 32.2 Å². The minimum absolute atomic E-state index is 0.0718. The SMILES string of the molecule is Cc1ccccc1CCOc1cccc(CNCCC(=O)OC(=O)C(F)(F)F)c1. The van der Waals surface area contributed by atoms with E-state index in [0.717, 1.165) is 12.0 Å². The maximum atomic E-state index is 12.0. The second-order valence-electron chi connectivity index (χ2n) is 6.36. The quantitative estimate of drug-likeness (QED) is 0.388. The predicted molar refractivity (Wildman–Crippen MR) is 100 cm³/mol. The molecule has 0 aliphatic carbocycles. The van der Waals surface area contributed by atoms with E-state index in [1.807, 2.05) is 36.4 Å². The van der Waals surface area contributed by atoms with E-state index < -0.39 is 18.1 Å². The molecule has 0 aromatic heterocycles. The van der Waals surface area contributed by atoms with Crippen molar-refractivity contribution in [2.24, 2.45) is 0 Å². The Labute approximate surface area is 166 Å². The van der Waals surface area contributed by atoms with Gasteiger partial charge >= 0.3 is 18.1 Å². The average molecular weight is 409 g/mol. The van der Waals surface area contributed by atoms with Crippen LogP contribution in [-0.4, -0.2) is 31.3 Å². The van der Waals surface area contributed by atoms with Crippen LogP contribution >= 0.6 is 0 Å². The maximum Gasteiger partial charge on any atom is 0.491 e. The van der Waals surface area contributed by atoms with Gasteiger partial charge in [0.25, 0.3) is 0 Å². The molecule has 0 amide bonds. The smallest absolute Gasteiger partial charge is 0.491 e. The third-order valence-electron chi connectivity index (χ3n) is 4.07. The van der Waals surface area contributed by atoms with Crippen LogP contribution in [0.5, 0.6) is 5.75 Å². The molecule has 0 aliphatic rings. The minimum Gasteiger partial charge on any atom is -0.493 e. The first-order valence-electron chi connectivity index (χ1n) is 9.04. The predicted octanol–water partition coefficient (Wildman–Crippen LogP) is 3.73. The summed E-state index contributed by atoms with van der Waals surface area (Å²) in [6, 6.07) is 15.5. The number of hydrogen-bond acceptors (Lipinski definition) is 5. The van der Waals surface area contributed by atoms with E-state index in [1.165, 1.54) is 11.1 Å². The first-order valence-corrected chi connectivity index (χ1v) is 9.04. The number of carbonyl (C=O) groups excluding carboxylic acids is 2. The standard InChI is InChI=1S/C21H22F3NO4/c1-15-5-2-3-7-17(15)10-12-28-18-8-4-6-16(13-18)14-25-11-9-19(26)29-20(27)21(22,23)24/h2-8,13,25H,9-12,14H2,1H3. The lowest BCUT2D eigenvalue weighted by molar-refractivity contribution is -0.201. The average Bonchev–Trinajstić information content (AvgIpc) is 2.66. The van der Waals surface area contributed by atoms with E-state index in [1.54, 1.807) is 0 Å². The first-order chi connectivity index (χ1) is 13.8. The Kier molecular flexibility index (Phi) is 8.21. The number of halogens is 3. The molecule has 8 heteroatoms. The van der Waals surface area contributed by atoms with Crippen molar-refractivity contribution in [1.82, 2.24) is 5.32 Å². The molecule has 0 radical (unpaired) electrons. The molecule has 0 spiro atoms. The van der Waals surface area contributed by atoms with Crippen LogP contribution in [0.3, 0.4) is 0 Å². The highest BCUT2D eigenvalue weighted by molar-refractivity contribution is 5.88. The van der Waals surface area contributed by atoms with Crippen molar-refractivity contribution >= 4 is 11.9 Å². The highest BCUT2D eigenvalue weighted by atomic mass is 19.4. The van der Waals surface area contributed by atoms with Gasteiger partial charge in [-0.05, 0) is 35.7 Å². The number of alkyl halides is 3. The molecule has 0 bridgehead atoms. The lowest BCUT2D eigenvalue weighted by Gasteiger charge is -2.10. The molecule has 0 unspecified atom stereocenters. The van der Waals surface area contributed by atoms with Gasteiger partial charge in [0.1, 0.15) is 5.75 Å². The van der Waals surface area contributed by atoms with E-state index in [0.29, 0.717) is 18.9 Å². The zero-order valence-corrected chi connectivity index (χ0v) is 15.9. The summed E-state index contributed by atoms with van der Waals surface area (Å²) in [6.07, 6.45) is -4.74. The molecule has 2 rings (SSSR count). The van der Waals surface area contributed by atoms with Crippen LogP contribution in [0.4, 0.5) is 13.2 Å². The Morgan fingerprint density at radius 1 is 1.07 bits per heavy atom. The first kappa shape index (κ1) is 22.4. The molecular weight excluding hydrogens is 387 g/mol. The zero-order chi connectivity index (χ0) is 21.3. The highest BCUT2D eigenvalue weighted by Gasteiger charge is 2.42. The molecule has 1 N–H and O–H groups in total. The maximum absolute atomic E-state index is 12.0. The van der Waals surface area contributed by atoms with E-state index in [-0.39, 0.29) is 13.0 Å². The van der Waals surface area contributed by atoms with Crippen LogP contribution < -0.4 is 10.1 Å². The number of rotatable bonds is 9. The Balaban J connectivity index is 1.71. The van der Waals surface area contributed by atoms with Crippen molar-refractivity contribution in [3.05, 3.63) is 65.2 Å². The monoisotopic (exact) mass is 409 g/mol.